The lowest BCUT2D eigenvalue weighted by Gasteiger charge is -2.10. The highest BCUT2D eigenvalue weighted by Crippen LogP contribution is 2.31. The molecule has 0 amide bonds. The van der Waals surface area contributed by atoms with Gasteiger partial charge < -0.3 is 5.73 Å². The van der Waals surface area contributed by atoms with Crippen LogP contribution in [0.3, 0.4) is 0 Å². The largest absolute Gasteiger partial charge is 0.368 e. The van der Waals surface area contributed by atoms with Crippen molar-refractivity contribution in [2.24, 2.45) is 0 Å². The summed E-state index contributed by atoms with van der Waals surface area (Å²) in [5.41, 5.74) is 9.72. The highest BCUT2D eigenvalue weighted by Gasteiger charge is 2.10. The minimum Gasteiger partial charge on any atom is -0.368 e. The number of nitrogen functional groups attached to an aromatic ring is 1. The van der Waals surface area contributed by atoms with Crippen LogP contribution in [0.25, 0.3) is 33.2 Å². The summed E-state index contributed by atoms with van der Waals surface area (Å²) in [6.07, 6.45) is 0.913. The lowest BCUT2D eigenvalue weighted by Crippen LogP contribution is -1.96. The zero-order chi connectivity index (χ0) is 18.1. The van der Waals surface area contributed by atoms with Gasteiger partial charge in [-0.3, -0.25) is 4.79 Å². The van der Waals surface area contributed by atoms with Gasteiger partial charge in [0.25, 0.3) is 0 Å². The summed E-state index contributed by atoms with van der Waals surface area (Å²) in [5, 5.41) is 2.29. The average Bonchev–Trinajstić information content (AvgIpc) is 2.66. The molecule has 4 aromatic rings. The molecule has 4 nitrogen and oxygen atoms in total. The Morgan fingerprint density at radius 2 is 1.62 bits per heavy atom. The van der Waals surface area contributed by atoms with Crippen molar-refractivity contribution in [3.05, 3.63) is 77.4 Å². The maximum Gasteiger partial charge on any atom is 0.221 e. The van der Waals surface area contributed by atoms with Crippen molar-refractivity contribution < 1.29 is 4.79 Å². The number of carbonyl (C=O) groups is 1. The number of anilines is 1. The van der Waals surface area contributed by atoms with Gasteiger partial charge in [0.05, 0.1) is 5.69 Å². The van der Waals surface area contributed by atoms with E-state index in [1.807, 2.05) is 60.7 Å². The number of hydrogen-bond donors (Lipinski definition) is 1. The number of carbonyl (C=O) groups excluding carboxylic acids is 1. The Bertz CT molecular complexity index is 1100. The van der Waals surface area contributed by atoms with E-state index < -0.39 is 0 Å². The van der Waals surface area contributed by atoms with E-state index in [-0.39, 0.29) is 5.95 Å². The Balaban J connectivity index is 1.80. The van der Waals surface area contributed by atoms with Crippen molar-refractivity contribution in [3.63, 3.8) is 0 Å². The monoisotopic (exact) mass is 359 g/mol. The quantitative estimate of drug-likeness (QED) is 0.412. The molecule has 0 aliphatic heterocycles. The SMILES string of the molecule is Nc1nc(Cl)cc(-c2ccc(-c3ccc4ccccc4c3C=O)cc2)n1. The van der Waals surface area contributed by atoms with Crippen molar-refractivity contribution in [2.75, 3.05) is 5.73 Å². The van der Waals surface area contributed by atoms with Crippen LogP contribution in [0.4, 0.5) is 5.95 Å². The molecule has 0 bridgehead atoms. The Kier molecular flexibility index (Phi) is 4.11. The highest BCUT2D eigenvalue weighted by molar-refractivity contribution is 6.29. The van der Waals surface area contributed by atoms with E-state index in [9.17, 15) is 4.79 Å². The van der Waals surface area contributed by atoms with Crippen molar-refractivity contribution >= 4 is 34.6 Å². The molecule has 26 heavy (non-hydrogen) atoms. The second-order valence-electron chi connectivity index (χ2n) is 5.88. The maximum absolute atomic E-state index is 11.7. The zero-order valence-electron chi connectivity index (χ0n) is 13.7. The third-order valence-electron chi connectivity index (χ3n) is 4.29. The summed E-state index contributed by atoms with van der Waals surface area (Å²) in [4.78, 5) is 19.8. The fourth-order valence-corrected chi connectivity index (χ4v) is 3.27. The number of aromatic nitrogens is 2. The van der Waals surface area contributed by atoms with Crippen LogP contribution in [0.15, 0.2) is 66.7 Å². The van der Waals surface area contributed by atoms with Gasteiger partial charge in [0, 0.05) is 17.2 Å². The number of rotatable bonds is 3. The van der Waals surface area contributed by atoms with E-state index >= 15 is 0 Å². The van der Waals surface area contributed by atoms with Gasteiger partial charge in [-0.05, 0) is 21.9 Å². The molecular weight excluding hydrogens is 346 g/mol. The van der Waals surface area contributed by atoms with Gasteiger partial charge in [0.2, 0.25) is 5.95 Å². The first-order valence-corrected chi connectivity index (χ1v) is 8.41. The molecule has 0 aliphatic carbocycles. The standard InChI is InChI=1S/C21H14ClN3O/c22-20-11-19(24-21(23)25-20)15-7-5-14(6-8-15)17-10-9-13-3-1-2-4-16(13)18(17)12-26/h1-12H,(H2,23,24,25). The molecule has 1 heterocycles. The van der Waals surface area contributed by atoms with Gasteiger partial charge in [-0.15, -0.1) is 0 Å². The van der Waals surface area contributed by atoms with Gasteiger partial charge in [-0.1, -0.05) is 72.3 Å². The number of nitrogens with zero attached hydrogens (tertiary/aromatic N) is 2. The second-order valence-corrected chi connectivity index (χ2v) is 6.26. The summed E-state index contributed by atoms with van der Waals surface area (Å²) in [7, 11) is 0. The van der Waals surface area contributed by atoms with Gasteiger partial charge in [0.1, 0.15) is 5.15 Å². The zero-order valence-corrected chi connectivity index (χ0v) is 14.4. The average molecular weight is 360 g/mol. The van der Waals surface area contributed by atoms with Crippen LogP contribution in [0.5, 0.6) is 0 Å². The molecule has 5 heteroatoms. The Morgan fingerprint density at radius 3 is 2.35 bits per heavy atom. The molecule has 4 rings (SSSR count). The van der Waals surface area contributed by atoms with Crippen LogP contribution < -0.4 is 5.73 Å². The summed E-state index contributed by atoms with van der Waals surface area (Å²) in [6, 6.07) is 21.3. The maximum atomic E-state index is 11.7. The van der Waals surface area contributed by atoms with Crippen LogP contribution in [0.1, 0.15) is 10.4 Å². The summed E-state index contributed by atoms with van der Waals surface area (Å²) in [5.74, 6) is 0.134. The Hall–Kier alpha value is -3.24. The summed E-state index contributed by atoms with van der Waals surface area (Å²) < 4.78 is 0. The van der Waals surface area contributed by atoms with E-state index in [4.69, 9.17) is 17.3 Å². The second kappa shape index (κ2) is 6.58. The molecule has 3 aromatic carbocycles. The summed E-state index contributed by atoms with van der Waals surface area (Å²) in [6.45, 7) is 0. The van der Waals surface area contributed by atoms with Crippen LogP contribution >= 0.6 is 11.6 Å². The smallest absolute Gasteiger partial charge is 0.221 e. The minimum atomic E-state index is 0.134. The Labute approximate surface area is 155 Å². The van der Waals surface area contributed by atoms with Crippen molar-refractivity contribution in [1.29, 1.82) is 0 Å². The molecule has 126 valence electrons. The highest BCUT2D eigenvalue weighted by atomic mass is 35.5. The third-order valence-corrected chi connectivity index (χ3v) is 4.49. The minimum absolute atomic E-state index is 0.134. The van der Waals surface area contributed by atoms with Crippen molar-refractivity contribution in [2.45, 2.75) is 0 Å². The number of benzene rings is 3. The lowest BCUT2D eigenvalue weighted by molar-refractivity contribution is 0.112. The lowest BCUT2D eigenvalue weighted by atomic mass is 9.94. The molecular formula is C21H14ClN3O. The molecule has 0 spiro atoms. The fraction of sp³-hybridized carbons (Fsp3) is 0. The predicted octanol–water partition coefficient (Wildman–Crippen LogP) is 5.01. The van der Waals surface area contributed by atoms with Gasteiger partial charge in [-0.25, -0.2) is 9.97 Å². The van der Waals surface area contributed by atoms with Gasteiger partial charge in [-0.2, -0.15) is 0 Å². The van der Waals surface area contributed by atoms with E-state index in [0.717, 1.165) is 33.7 Å². The first kappa shape index (κ1) is 16.2. The number of aldehydes is 1. The molecule has 0 saturated carbocycles. The first-order chi connectivity index (χ1) is 12.7. The van der Waals surface area contributed by atoms with E-state index in [1.54, 1.807) is 6.07 Å². The Morgan fingerprint density at radius 1 is 0.885 bits per heavy atom. The molecule has 1 aromatic heterocycles. The van der Waals surface area contributed by atoms with Crippen LogP contribution in [-0.4, -0.2) is 16.3 Å². The van der Waals surface area contributed by atoms with E-state index in [0.29, 0.717) is 16.4 Å². The topological polar surface area (TPSA) is 68.9 Å². The van der Waals surface area contributed by atoms with Gasteiger partial charge in [0.15, 0.2) is 6.29 Å². The molecule has 0 fully saturated rings. The molecule has 0 aliphatic rings. The number of hydrogen-bond acceptors (Lipinski definition) is 4. The molecule has 2 N–H and O–H groups in total. The predicted molar refractivity (Wildman–Crippen MR) is 105 cm³/mol. The van der Waals surface area contributed by atoms with Crippen molar-refractivity contribution in [3.8, 4) is 22.4 Å². The normalized spacial score (nSPS) is 10.8. The molecule has 0 radical (unpaired) electrons. The third kappa shape index (κ3) is 2.91. The molecule has 0 atom stereocenters. The van der Waals surface area contributed by atoms with E-state index in [1.165, 1.54) is 0 Å². The van der Waals surface area contributed by atoms with Gasteiger partial charge >= 0.3 is 0 Å². The van der Waals surface area contributed by atoms with Crippen LogP contribution in [-0.2, 0) is 0 Å². The number of halogens is 1. The fourth-order valence-electron chi connectivity index (χ4n) is 3.08. The van der Waals surface area contributed by atoms with Crippen molar-refractivity contribution in [1.82, 2.24) is 9.97 Å². The summed E-state index contributed by atoms with van der Waals surface area (Å²) >= 11 is 5.95. The number of nitrogens with two attached hydrogens (primary N) is 1. The molecule has 0 unspecified atom stereocenters. The molecule has 0 saturated heterocycles. The number of fused-ring (bicyclic) bond motifs is 1. The first-order valence-electron chi connectivity index (χ1n) is 8.03. The van der Waals surface area contributed by atoms with Crippen LogP contribution in [0.2, 0.25) is 5.15 Å². The van der Waals surface area contributed by atoms with E-state index in [2.05, 4.69) is 9.97 Å². The van der Waals surface area contributed by atoms with Crippen LogP contribution in [0, 0.1) is 0 Å².